The van der Waals surface area contributed by atoms with Crippen LogP contribution in [0.4, 0.5) is 0 Å². The summed E-state index contributed by atoms with van der Waals surface area (Å²) in [5.74, 6) is 0.302. The predicted octanol–water partition coefficient (Wildman–Crippen LogP) is 1.83. The van der Waals surface area contributed by atoms with Crippen LogP contribution in [0, 0.1) is 5.41 Å². The molecule has 0 atom stereocenters. The lowest BCUT2D eigenvalue weighted by Crippen LogP contribution is -2.32. The lowest BCUT2D eigenvalue weighted by Gasteiger charge is -2.19. The highest BCUT2D eigenvalue weighted by molar-refractivity contribution is 7.89. The van der Waals surface area contributed by atoms with Gasteiger partial charge in [-0.2, -0.15) is 0 Å². The quantitative estimate of drug-likeness (QED) is 0.688. The Morgan fingerprint density at radius 3 is 2.50 bits per heavy atom. The third-order valence-electron chi connectivity index (χ3n) is 3.47. The lowest BCUT2D eigenvalue weighted by molar-refractivity contribution is 0.375. The van der Waals surface area contributed by atoms with Crippen molar-refractivity contribution in [2.24, 2.45) is 5.41 Å². The van der Waals surface area contributed by atoms with Crippen molar-refractivity contribution < 1.29 is 8.42 Å². The van der Waals surface area contributed by atoms with Crippen LogP contribution in [0.1, 0.15) is 46.5 Å². The minimum atomic E-state index is -3.02. The molecule has 5 heteroatoms. The van der Waals surface area contributed by atoms with Crippen molar-refractivity contribution in [3.05, 3.63) is 0 Å². The maximum Gasteiger partial charge on any atom is 0.214 e. The van der Waals surface area contributed by atoms with Gasteiger partial charge in [0, 0.05) is 13.1 Å². The summed E-state index contributed by atoms with van der Waals surface area (Å²) in [6.45, 7) is 9.73. The molecule has 0 aromatic rings. The van der Waals surface area contributed by atoms with E-state index < -0.39 is 10.0 Å². The third kappa shape index (κ3) is 5.24. The van der Waals surface area contributed by atoms with E-state index in [4.69, 9.17) is 0 Å². The van der Waals surface area contributed by atoms with Gasteiger partial charge in [-0.1, -0.05) is 20.8 Å². The lowest BCUT2D eigenvalue weighted by atomic mass is 9.93. The van der Waals surface area contributed by atoms with E-state index in [-0.39, 0.29) is 5.41 Å². The molecule has 1 aliphatic rings. The van der Waals surface area contributed by atoms with E-state index in [0.29, 0.717) is 18.8 Å². The van der Waals surface area contributed by atoms with Gasteiger partial charge in [0.25, 0.3) is 0 Å². The minimum absolute atomic E-state index is 0.149. The Morgan fingerprint density at radius 1 is 1.22 bits per heavy atom. The molecule has 108 valence electrons. The van der Waals surface area contributed by atoms with Gasteiger partial charge in [-0.15, -0.1) is 0 Å². The van der Waals surface area contributed by atoms with E-state index in [0.717, 1.165) is 38.8 Å². The number of hydrogen-bond donors (Lipinski definition) is 1. The summed E-state index contributed by atoms with van der Waals surface area (Å²) in [6, 6.07) is 0. The molecule has 0 aromatic heterocycles. The SMILES string of the molecule is CCCNCCCCS(=O)(=O)N1CCC(C)(C)C1. The van der Waals surface area contributed by atoms with Gasteiger partial charge in [0.05, 0.1) is 5.75 Å². The second kappa shape index (κ2) is 6.87. The van der Waals surface area contributed by atoms with Gasteiger partial charge in [0.1, 0.15) is 0 Å². The van der Waals surface area contributed by atoms with Crippen LogP contribution < -0.4 is 5.32 Å². The second-order valence-electron chi connectivity index (χ2n) is 6.02. The largest absolute Gasteiger partial charge is 0.317 e. The Hall–Kier alpha value is -0.130. The zero-order valence-corrected chi connectivity index (χ0v) is 12.9. The molecule has 1 saturated heterocycles. The summed E-state index contributed by atoms with van der Waals surface area (Å²) in [5, 5.41) is 3.30. The van der Waals surface area contributed by atoms with E-state index in [9.17, 15) is 8.42 Å². The summed E-state index contributed by atoms with van der Waals surface area (Å²) in [7, 11) is -3.02. The van der Waals surface area contributed by atoms with Crippen molar-refractivity contribution in [3.63, 3.8) is 0 Å². The fourth-order valence-electron chi connectivity index (χ4n) is 2.27. The molecule has 0 aromatic carbocycles. The molecule has 0 aliphatic carbocycles. The summed E-state index contributed by atoms with van der Waals surface area (Å²) >= 11 is 0. The zero-order chi connectivity index (χ0) is 13.6. The van der Waals surface area contributed by atoms with E-state index >= 15 is 0 Å². The van der Waals surface area contributed by atoms with Gasteiger partial charge in [-0.25, -0.2) is 12.7 Å². The average Bonchev–Trinajstić information content (AvgIpc) is 2.65. The van der Waals surface area contributed by atoms with E-state index in [1.807, 2.05) is 0 Å². The number of sulfonamides is 1. The topological polar surface area (TPSA) is 49.4 Å². The Morgan fingerprint density at radius 2 is 1.94 bits per heavy atom. The van der Waals surface area contributed by atoms with Crippen LogP contribution in [0.25, 0.3) is 0 Å². The fourth-order valence-corrected chi connectivity index (χ4v) is 4.01. The molecule has 1 N–H and O–H groups in total. The van der Waals surface area contributed by atoms with Crippen molar-refractivity contribution in [1.29, 1.82) is 0 Å². The highest BCUT2D eigenvalue weighted by Crippen LogP contribution is 2.30. The summed E-state index contributed by atoms with van der Waals surface area (Å²) in [6.07, 6.45) is 3.80. The van der Waals surface area contributed by atoms with E-state index in [2.05, 4.69) is 26.1 Å². The van der Waals surface area contributed by atoms with Crippen LogP contribution in [0.3, 0.4) is 0 Å². The fraction of sp³-hybridized carbons (Fsp3) is 1.00. The van der Waals surface area contributed by atoms with Gasteiger partial charge in [0.2, 0.25) is 10.0 Å². The maximum atomic E-state index is 12.1. The Labute approximate surface area is 112 Å². The predicted molar refractivity (Wildman–Crippen MR) is 76.2 cm³/mol. The molecular weight excluding hydrogens is 248 g/mol. The van der Waals surface area contributed by atoms with Gasteiger partial charge in [-0.05, 0) is 44.2 Å². The van der Waals surface area contributed by atoms with Crippen LogP contribution in [0.15, 0.2) is 0 Å². The molecule has 1 heterocycles. The van der Waals surface area contributed by atoms with Gasteiger partial charge < -0.3 is 5.32 Å². The molecule has 1 aliphatic heterocycles. The van der Waals surface area contributed by atoms with E-state index in [1.165, 1.54) is 0 Å². The molecular formula is C13H28N2O2S. The standard InChI is InChI=1S/C13H28N2O2S/c1-4-8-14-9-5-6-11-18(16,17)15-10-7-13(2,3)12-15/h14H,4-12H2,1-3H3. The van der Waals surface area contributed by atoms with Crippen molar-refractivity contribution in [2.75, 3.05) is 31.9 Å². The molecule has 0 unspecified atom stereocenters. The van der Waals surface area contributed by atoms with Crippen LogP contribution in [-0.2, 0) is 10.0 Å². The second-order valence-corrected chi connectivity index (χ2v) is 8.11. The molecule has 0 spiro atoms. The number of rotatable bonds is 8. The Balaban J connectivity index is 2.24. The Kier molecular flexibility index (Phi) is 6.08. The number of unbranched alkanes of at least 4 members (excludes halogenated alkanes) is 1. The molecule has 4 nitrogen and oxygen atoms in total. The summed E-state index contributed by atoms with van der Waals surface area (Å²) in [4.78, 5) is 0. The maximum absolute atomic E-state index is 12.1. The van der Waals surface area contributed by atoms with Crippen molar-refractivity contribution in [1.82, 2.24) is 9.62 Å². The van der Waals surface area contributed by atoms with Crippen LogP contribution in [-0.4, -0.2) is 44.7 Å². The molecule has 0 saturated carbocycles. The van der Waals surface area contributed by atoms with Gasteiger partial charge in [0.15, 0.2) is 0 Å². The first kappa shape index (κ1) is 15.9. The van der Waals surface area contributed by atoms with Gasteiger partial charge >= 0.3 is 0 Å². The molecule has 0 amide bonds. The molecule has 1 rings (SSSR count). The third-order valence-corrected chi connectivity index (χ3v) is 5.37. The molecule has 1 fully saturated rings. The van der Waals surface area contributed by atoms with E-state index in [1.54, 1.807) is 4.31 Å². The molecule has 0 bridgehead atoms. The smallest absolute Gasteiger partial charge is 0.214 e. The Bertz CT molecular complexity index is 339. The first-order chi connectivity index (χ1) is 8.37. The van der Waals surface area contributed by atoms with Crippen molar-refractivity contribution in [2.45, 2.75) is 46.5 Å². The first-order valence-corrected chi connectivity index (χ1v) is 8.67. The van der Waals surface area contributed by atoms with Crippen LogP contribution in [0.2, 0.25) is 0 Å². The van der Waals surface area contributed by atoms with Crippen molar-refractivity contribution >= 4 is 10.0 Å². The number of nitrogens with one attached hydrogen (secondary N) is 1. The number of nitrogens with zero attached hydrogens (tertiary/aromatic N) is 1. The highest BCUT2D eigenvalue weighted by atomic mass is 32.2. The van der Waals surface area contributed by atoms with Crippen molar-refractivity contribution in [3.8, 4) is 0 Å². The first-order valence-electron chi connectivity index (χ1n) is 7.06. The van der Waals surface area contributed by atoms with Crippen LogP contribution in [0.5, 0.6) is 0 Å². The molecule has 18 heavy (non-hydrogen) atoms. The minimum Gasteiger partial charge on any atom is -0.317 e. The number of hydrogen-bond acceptors (Lipinski definition) is 3. The van der Waals surface area contributed by atoms with Gasteiger partial charge in [-0.3, -0.25) is 0 Å². The summed E-state index contributed by atoms with van der Waals surface area (Å²) < 4.78 is 25.9. The summed E-state index contributed by atoms with van der Waals surface area (Å²) in [5.41, 5.74) is 0.149. The highest BCUT2D eigenvalue weighted by Gasteiger charge is 2.35. The monoisotopic (exact) mass is 276 g/mol. The molecule has 0 radical (unpaired) electrons. The average molecular weight is 276 g/mol. The van der Waals surface area contributed by atoms with Crippen LogP contribution >= 0.6 is 0 Å². The zero-order valence-electron chi connectivity index (χ0n) is 12.0. The normalized spacial score (nSPS) is 20.4.